The topological polar surface area (TPSA) is 81.5 Å². The lowest BCUT2D eigenvalue weighted by atomic mass is 10.0. The summed E-state index contributed by atoms with van der Waals surface area (Å²) in [6.07, 6.45) is 0.632. The summed E-state index contributed by atoms with van der Waals surface area (Å²) in [5.41, 5.74) is 3.12. The quantitative estimate of drug-likeness (QED) is 0.577. The Morgan fingerprint density at radius 3 is 2.56 bits per heavy atom. The SMILES string of the molecule is CN(C(=O)c1cc(S(=O)(=O)N2CCc3ccccc3C2)ccc1Cl)c1cccc(C#N)c1. The fourth-order valence-electron chi connectivity index (χ4n) is 3.73. The molecule has 0 spiro atoms. The Labute approximate surface area is 192 Å². The second kappa shape index (κ2) is 8.75. The third-order valence-corrected chi connectivity index (χ3v) is 7.74. The second-order valence-electron chi connectivity index (χ2n) is 7.53. The Balaban J connectivity index is 1.65. The van der Waals surface area contributed by atoms with Crippen LogP contribution >= 0.6 is 11.6 Å². The first-order valence-corrected chi connectivity index (χ1v) is 11.8. The Hall–Kier alpha value is -3.18. The van der Waals surface area contributed by atoms with Crippen molar-refractivity contribution in [1.29, 1.82) is 5.26 Å². The van der Waals surface area contributed by atoms with Gasteiger partial charge in [-0.15, -0.1) is 0 Å². The monoisotopic (exact) mass is 465 g/mol. The van der Waals surface area contributed by atoms with Crippen LogP contribution in [0.15, 0.2) is 71.6 Å². The molecule has 32 heavy (non-hydrogen) atoms. The highest BCUT2D eigenvalue weighted by Crippen LogP contribution is 2.29. The van der Waals surface area contributed by atoms with Crippen molar-refractivity contribution in [3.05, 3.63) is 94.0 Å². The van der Waals surface area contributed by atoms with Crippen molar-refractivity contribution >= 4 is 33.2 Å². The molecule has 0 radical (unpaired) electrons. The molecule has 0 saturated heterocycles. The third-order valence-electron chi connectivity index (χ3n) is 5.57. The zero-order valence-electron chi connectivity index (χ0n) is 17.3. The highest BCUT2D eigenvalue weighted by molar-refractivity contribution is 7.89. The molecule has 0 bridgehead atoms. The number of benzene rings is 3. The van der Waals surface area contributed by atoms with E-state index in [1.54, 1.807) is 31.3 Å². The minimum Gasteiger partial charge on any atom is -0.311 e. The zero-order valence-corrected chi connectivity index (χ0v) is 18.9. The minimum absolute atomic E-state index is 0.0174. The van der Waals surface area contributed by atoms with E-state index < -0.39 is 15.9 Å². The van der Waals surface area contributed by atoms with E-state index in [9.17, 15) is 13.2 Å². The van der Waals surface area contributed by atoms with E-state index in [-0.39, 0.29) is 22.0 Å². The van der Waals surface area contributed by atoms with Crippen molar-refractivity contribution in [2.75, 3.05) is 18.5 Å². The van der Waals surface area contributed by atoms with Gasteiger partial charge in [0.25, 0.3) is 5.91 Å². The maximum Gasteiger partial charge on any atom is 0.259 e. The molecule has 1 aliphatic rings. The Morgan fingerprint density at radius 2 is 1.81 bits per heavy atom. The molecule has 1 heterocycles. The van der Waals surface area contributed by atoms with Crippen molar-refractivity contribution in [3.63, 3.8) is 0 Å². The van der Waals surface area contributed by atoms with Crippen molar-refractivity contribution in [2.24, 2.45) is 0 Å². The van der Waals surface area contributed by atoms with E-state index >= 15 is 0 Å². The predicted octanol–water partition coefficient (Wildman–Crippen LogP) is 4.24. The molecule has 0 aromatic heterocycles. The van der Waals surface area contributed by atoms with Gasteiger partial charge < -0.3 is 4.90 Å². The number of carbonyl (C=O) groups excluding carboxylic acids is 1. The third kappa shape index (κ3) is 4.13. The second-order valence-corrected chi connectivity index (χ2v) is 9.87. The molecule has 1 aliphatic heterocycles. The van der Waals surface area contributed by atoms with E-state index in [1.807, 2.05) is 30.3 Å². The number of fused-ring (bicyclic) bond motifs is 1. The predicted molar refractivity (Wildman–Crippen MR) is 123 cm³/mol. The van der Waals surface area contributed by atoms with Crippen LogP contribution in [0.25, 0.3) is 0 Å². The first kappa shape index (κ1) is 22.0. The van der Waals surface area contributed by atoms with Crippen LogP contribution in [0.3, 0.4) is 0 Å². The summed E-state index contributed by atoms with van der Waals surface area (Å²) in [5.74, 6) is -0.467. The summed E-state index contributed by atoms with van der Waals surface area (Å²) in [5, 5.41) is 9.26. The van der Waals surface area contributed by atoms with Crippen LogP contribution in [0.5, 0.6) is 0 Å². The highest BCUT2D eigenvalue weighted by Gasteiger charge is 2.29. The molecular weight excluding hydrogens is 446 g/mol. The number of anilines is 1. The molecule has 0 fully saturated rings. The summed E-state index contributed by atoms with van der Waals surface area (Å²) in [7, 11) is -2.26. The van der Waals surface area contributed by atoms with Crippen LogP contribution in [0, 0.1) is 11.3 Å². The molecule has 1 amide bonds. The molecule has 3 aromatic rings. The molecule has 3 aromatic carbocycles. The summed E-state index contributed by atoms with van der Waals surface area (Å²) >= 11 is 6.28. The molecule has 162 valence electrons. The number of hydrogen-bond acceptors (Lipinski definition) is 4. The van der Waals surface area contributed by atoms with E-state index in [0.29, 0.717) is 24.2 Å². The lowest BCUT2D eigenvalue weighted by molar-refractivity contribution is 0.0993. The number of amides is 1. The van der Waals surface area contributed by atoms with E-state index in [4.69, 9.17) is 16.9 Å². The zero-order chi connectivity index (χ0) is 22.9. The number of nitrogens with zero attached hydrogens (tertiary/aromatic N) is 3. The lowest BCUT2D eigenvalue weighted by Gasteiger charge is -2.28. The van der Waals surface area contributed by atoms with E-state index in [0.717, 1.165) is 11.1 Å². The van der Waals surface area contributed by atoms with Gasteiger partial charge in [-0.25, -0.2) is 8.42 Å². The molecule has 6 nitrogen and oxygen atoms in total. The summed E-state index contributed by atoms with van der Waals surface area (Å²) in [6, 6.07) is 20.6. The van der Waals surface area contributed by atoms with Crippen molar-refractivity contribution in [3.8, 4) is 6.07 Å². The Morgan fingerprint density at radius 1 is 1.06 bits per heavy atom. The average Bonchev–Trinajstić information content (AvgIpc) is 2.83. The minimum atomic E-state index is -3.82. The molecule has 8 heteroatoms. The number of carbonyl (C=O) groups is 1. The number of rotatable bonds is 4. The van der Waals surface area contributed by atoms with Crippen molar-refractivity contribution < 1.29 is 13.2 Å². The molecule has 0 saturated carbocycles. The molecule has 0 aliphatic carbocycles. The standard InChI is InChI=1S/C24H20ClN3O3S/c1-27(20-8-4-5-17(13-20)15-26)24(29)22-14-21(9-10-23(22)25)32(30,31)28-12-11-18-6-2-3-7-19(18)16-28/h2-10,13-14H,11-12,16H2,1H3. The molecule has 4 rings (SSSR count). The van der Waals surface area contributed by atoms with Gasteiger partial charge in [0.2, 0.25) is 10.0 Å². The van der Waals surface area contributed by atoms with Gasteiger partial charge >= 0.3 is 0 Å². The van der Waals surface area contributed by atoms with Gasteiger partial charge in [-0.3, -0.25) is 4.79 Å². The van der Waals surface area contributed by atoms with Crippen LogP contribution in [0.1, 0.15) is 27.0 Å². The number of halogens is 1. The van der Waals surface area contributed by atoms with Crippen LogP contribution in [-0.4, -0.2) is 32.2 Å². The lowest BCUT2D eigenvalue weighted by Crippen LogP contribution is -2.36. The fourth-order valence-corrected chi connectivity index (χ4v) is 5.38. The maximum atomic E-state index is 13.3. The average molecular weight is 466 g/mol. The highest BCUT2D eigenvalue weighted by atomic mass is 35.5. The molecule has 0 atom stereocenters. The van der Waals surface area contributed by atoms with Gasteiger partial charge in [0.15, 0.2) is 0 Å². The van der Waals surface area contributed by atoms with Gasteiger partial charge in [-0.05, 0) is 53.9 Å². The molecule has 0 unspecified atom stereocenters. The van der Waals surface area contributed by atoms with Gasteiger partial charge in [0.1, 0.15) is 0 Å². The first-order valence-electron chi connectivity index (χ1n) is 9.96. The summed E-state index contributed by atoms with van der Waals surface area (Å²) in [4.78, 5) is 14.5. The van der Waals surface area contributed by atoms with Crippen molar-refractivity contribution in [2.45, 2.75) is 17.9 Å². The van der Waals surface area contributed by atoms with Crippen molar-refractivity contribution in [1.82, 2.24) is 4.31 Å². The summed E-state index contributed by atoms with van der Waals surface area (Å²) < 4.78 is 28.1. The van der Waals surface area contributed by atoms with Crippen LogP contribution in [0.2, 0.25) is 5.02 Å². The van der Waals surface area contributed by atoms with Gasteiger partial charge in [-0.1, -0.05) is 41.9 Å². The molecular formula is C24H20ClN3O3S. The first-order chi connectivity index (χ1) is 15.3. The van der Waals surface area contributed by atoms with Crippen LogP contribution in [-0.2, 0) is 23.0 Å². The fraction of sp³-hybridized carbons (Fsp3) is 0.167. The number of hydrogen-bond donors (Lipinski definition) is 0. The Kier molecular flexibility index (Phi) is 6.02. The van der Waals surface area contributed by atoms with E-state index in [2.05, 4.69) is 0 Å². The van der Waals surface area contributed by atoms with Gasteiger partial charge in [-0.2, -0.15) is 9.57 Å². The normalized spacial score (nSPS) is 13.8. The summed E-state index contributed by atoms with van der Waals surface area (Å²) in [6.45, 7) is 0.650. The van der Waals surface area contributed by atoms with E-state index in [1.165, 1.54) is 27.4 Å². The molecule has 0 N–H and O–H groups in total. The largest absolute Gasteiger partial charge is 0.311 e. The van der Waals surface area contributed by atoms with Crippen LogP contribution in [0.4, 0.5) is 5.69 Å². The van der Waals surface area contributed by atoms with Crippen LogP contribution < -0.4 is 4.90 Å². The smallest absolute Gasteiger partial charge is 0.259 e. The number of sulfonamides is 1. The maximum absolute atomic E-state index is 13.3. The van der Waals surface area contributed by atoms with Gasteiger partial charge in [0.05, 0.1) is 27.1 Å². The Bertz CT molecular complexity index is 1350. The van der Waals surface area contributed by atoms with Gasteiger partial charge in [0, 0.05) is 25.8 Å². The number of nitriles is 1.